The van der Waals surface area contributed by atoms with Crippen LogP contribution in [0.15, 0.2) is 18.2 Å². The van der Waals surface area contributed by atoms with E-state index in [1.807, 2.05) is 0 Å². The van der Waals surface area contributed by atoms with Crippen LogP contribution in [0.2, 0.25) is 0 Å². The number of hydrogen-bond acceptors (Lipinski definition) is 4. The molecule has 1 saturated heterocycles. The lowest BCUT2D eigenvalue weighted by Crippen LogP contribution is -2.16. The van der Waals surface area contributed by atoms with E-state index in [-0.39, 0.29) is 11.9 Å². The van der Waals surface area contributed by atoms with E-state index in [1.165, 1.54) is 6.92 Å². The molecule has 0 aromatic heterocycles. The monoisotopic (exact) mass is 221 g/mol. The maximum Gasteiger partial charge on any atom is 0.162 e. The maximum atomic E-state index is 11.3. The van der Waals surface area contributed by atoms with Crippen LogP contribution in [-0.2, 0) is 4.74 Å². The van der Waals surface area contributed by atoms with Crippen molar-refractivity contribution >= 4 is 11.5 Å². The Morgan fingerprint density at radius 1 is 1.56 bits per heavy atom. The molecule has 0 aliphatic carbocycles. The first kappa shape index (κ1) is 11.0. The fourth-order valence-corrected chi connectivity index (χ4v) is 1.71. The lowest BCUT2D eigenvalue weighted by atomic mass is 10.1. The Hall–Kier alpha value is -1.55. The van der Waals surface area contributed by atoms with E-state index in [0.717, 1.165) is 13.0 Å². The Balaban J connectivity index is 2.15. The molecule has 1 aliphatic heterocycles. The minimum atomic E-state index is -0.0504. The summed E-state index contributed by atoms with van der Waals surface area (Å²) < 4.78 is 10.9. The average Bonchev–Trinajstić information content (AvgIpc) is 2.73. The molecule has 1 aliphatic rings. The molecule has 1 heterocycles. The number of anilines is 1. The van der Waals surface area contributed by atoms with Crippen LogP contribution >= 0.6 is 0 Å². The predicted molar refractivity (Wildman–Crippen MR) is 60.7 cm³/mol. The third-order valence-electron chi connectivity index (χ3n) is 2.59. The molecule has 16 heavy (non-hydrogen) atoms. The van der Waals surface area contributed by atoms with E-state index in [0.29, 0.717) is 23.6 Å². The lowest BCUT2D eigenvalue weighted by Gasteiger charge is -2.13. The second-order valence-electron chi connectivity index (χ2n) is 3.91. The molecular formula is C12H15NO3. The lowest BCUT2D eigenvalue weighted by molar-refractivity contribution is 0.101. The van der Waals surface area contributed by atoms with Crippen molar-refractivity contribution in [3.8, 4) is 5.75 Å². The number of rotatable bonds is 3. The molecule has 4 nitrogen and oxygen atoms in total. The van der Waals surface area contributed by atoms with E-state index in [9.17, 15) is 4.79 Å². The Kier molecular flexibility index (Phi) is 3.10. The standard InChI is InChI=1S/C12H15NO3/c1-8(14)11-6-9(2-3-12(11)13)16-10-4-5-15-7-10/h2-3,6,10H,4-5,7,13H2,1H3. The summed E-state index contributed by atoms with van der Waals surface area (Å²) in [6, 6.07) is 5.16. The van der Waals surface area contributed by atoms with Gasteiger partial charge in [-0.25, -0.2) is 0 Å². The zero-order chi connectivity index (χ0) is 11.5. The van der Waals surface area contributed by atoms with Gasteiger partial charge in [-0.1, -0.05) is 0 Å². The van der Waals surface area contributed by atoms with Crippen molar-refractivity contribution in [1.29, 1.82) is 0 Å². The highest BCUT2D eigenvalue weighted by molar-refractivity contribution is 5.99. The Labute approximate surface area is 94.3 Å². The first-order valence-corrected chi connectivity index (χ1v) is 5.31. The second kappa shape index (κ2) is 4.53. The van der Waals surface area contributed by atoms with Gasteiger partial charge in [-0.05, 0) is 25.1 Å². The van der Waals surface area contributed by atoms with Gasteiger partial charge in [-0.15, -0.1) is 0 Å². The minimum absolute atomic E-state index is 0.0504. The number of ether oxygens (including phenoxy) is 2. The molecule has 0 radical (unpaired) electrons. The van der Waals surface area contributed by atoms with Crippen LogP contribution in [0.25, 0.3) is 0 Å². The van der Waals surface area contributed by atoms with Crippen molar-refractivity contribution in [1.82, 2.24) is 0 Å². The van der Waals surface area contributed by atoms with Gasteiger partial charge in [0.15, 0.2) is 5.78 Å². The molecule has 4 heteroatoms. The van der Waals surface area contributed by atoms with Crippen LogP contribution in [0.4, 0.5) is 5.69 Å². The highest BCUT2D eigenvalue weighted by atomic mass is 16.5. The second-order valence-corrected chi connectivity index (χ2v) is 3.91. The van der Waals surface area contributed by atoms with Crippen molar-refractivity contribution in [3.63, 3.8) is 0 Å². The summed E-state index contributed by atoms with van der Waals surface area (Å²) in [5.41, 5.74) is 6.70. The number of nitrogen functional groups attached to an aromatic ring is 1. The summed E-state index contributed by atoms with van der Waals surface area (Å²) in [4.78, 5) is 11.3. The molecule has 0 saturated carbocycles. The van der Waals surface area contributed by atoms with Gasteiger partial charge in [0.05, 0.1) is 13.2 Å². The number of Topliss-reactive ketones (excluding diaryl/α,β-unsaturated/α-hetero) is 1. The van der Waals surface area contributed by atoms with Crippen LogP contribution < -0.4 is 10.5 Å². The van der Waals surface area contributed by atoms with Gasteiger partial charge in [0.25, 0.3) is 0 Å². The highest BCUT2D eigenvalue weighted by Gasteiger charge is 2.17. The van der Waals surface area contributed by atoms with E-state index in [1.54, 1.807) is 18.2 Å². The number of hydrogen-bond donors (Lipinski definition) is 1. The van der Waals surface area contributed by atoms with Crippen LogP contribution in [0.3, 0.4) is 0 Å². The molecule has 0 spiro atoms. The molecule has 1 atom stereocenters. The van der Waals surface area contributed by atoms with Crippen molar-refractivity contribution in [2.75, 3.05) is 18.9 Å². The molecule has 2 rings (SSSR count). The quantitative estimate of drug-likeness (QED) is 0.622. The van der Waals surface area contributed by atoms with Gasteiger partial charge in [0.1, 0.15) is 11.9 Å². The minimum Gasteiger partial charge on any atom is -0.488 e. The van der Waals surface area contributed by atoms with Gasteiger partial charge < -0.3 is 15.2 Å². The summed E-state index contributed by atoms with van der Waals surface area (Å²) in [7, 11) is 0. The van der Waals surface area contributed by atoms with Gasteiger partial charge >= 0.3 is 0 Å². The smallest absolute Gasteiger partial charge is 0.162 e. The molecule has 1 unspecified atom stereocenters. The molecule has 1 aromatic carbocycles. The first-order chi connectivity index (χ1) is 7.66. The topological polar surface area (TPSA) is 61.5 Å². The molecule has 0 amide bonds. The van der Waals surface area contributed by atoms with Crippen molar-refractivity contribution in [2.24, 2.45) is 0 Å². The fourth-order valence-electron chi connectivity index (χ4n) is 1.71. The van der Waals surface area contributed by atoms with Gasteiger partial charge in [-0.2, -0.15) is 0 Å². The number of ketones is 1. The van der Waals surface area contributed by atoms with Crippen molar-refractivity contribution in [2.45, 2.75) is 19.4 Å². The molecule has 1 fully saturated rings. The van der Waals surface area contributed by atoms with Crippen LogP contribution in [0.1, 0.15) is 23.7 Å². The molecule has 2 N–H and O–H groups in total. The van der Waals surface area contributed by atoms with Crippen LogP contribution in [0, 0.1) is 0 Å². The number of benzene rings is 1. The fraction of sp³-hybridized carbons (Fsp3) is 0.417. The van der Waals surface area contributed by atoms with Crippen molar-refractivity contribution in [3.05, 3.63) is 23.8 Å². The van der Waals surface area contributed by atoms with Gasteiger partial charge in [0, 0.05) is 17.7 Å². The maximum absolute atomic E-state index is 11.3. The first-order valence-electron chi connectivity index (χ1n) is 5.31. The molecule has 86 valence electrons. The molecule has 1 aromatic rings. The van der Waals surface area contributed by atoms with Crippen LogP contribution in [0.5, 0.6) is 5.75 Å². The zero-order valence-electron chi connectivity index (χ0n) is 9.23. The van der Waals surface area contributed by atoms with Crippen LogP contribution in [-0.4, -0.2) is 25.1 Å². The Morgan fingerprint density at radius 3 is 3.00 bits per heavy atom. The number of carbonyl (C=O) groups excluding carboxylic acids is 1. The highest BCUT2D eigenvalue weighted by Crippen LogP contribution is 2.22. The van der Waals surface area contributed by atoms with Gasteiger partial charge in [-0.3, -0.25) is 4.79 Å². The van der Waals surface area contributed by atoms with E-state index >= 15 is 0 Å². The Bertz CT molecular complexity index is 397. The van der Waals surface area contributed by atoms with Gasteiger partial charge in [0.2, 0.25) is 0 Å². The molecule has 0 bridgehead atoms. The van der Waals surface area contributed by atoms with E-state index < -0.39 is 0 Å². The SMILES string of the molecule is CC(=O)c1cc(OC2CCOC2)ccc1N. The normalized spacial score (nSPS) is 19.7. The number of nitrogens with two attached hydrogens (primary N) is 1. The average molecular weight is 221 g/mol. The van der Waals surface area contributed by atoms with E-state index in [2.05, 4.69) is 0 Å². The number of carbonyl (C=O) groups is 1. The summed E-state index contributed by atoms with van der Waals surface area (Å²) in [5.74, 6) is 0.625. The Morgan fingerprint density at radius 2 is 2.38 bits per heavy atom. The summed E-state index contributed by atoms with van der Waals surface area (Å²) >= 11 is 0. The summed E-state index contributed by atoms with van der Waals surface area (Å²) in [6.07, 6.45) is 0.975. The zero-order valence-corrected chi connectivity index (χ0v) is 9.23. The van der Waals surface area contributed by atoms with E-state index in [4.69, 9.17) is 15.2 Å². The largest absolute Gasteiger partial charge is 0.488 e. The third kappa shape index (κ3) is 2.33. The van der Waals surface area contributed by atoms with Crippen molar-refractivity contribution < 1.29 is 14.3 Å². The third-order valence-corrected chi connectivity index (χ3v) is 2.59. The predicted octanol–water partition coefficient (Wildman–Crippen LogP) is 1.64. The summed E-state index contributed by atoms with van der Waals surface area (Å²) in [5, 5.41) is 0. The molecular weight excluding hydrogens is 206 g/mol. The summed E-state index contributed by atoms with van der Waals surface area (Å²) in [6.45, 7) is 2.84.